The standard InChI is InChI=1S/C13H29N4P/c1-10(2)16(11(3)4)18(9-15-14)17(12(5)6)13(7)8/h9-13H,1-8H3. The molecule has 106 valence electrons. The van der Waals surface area contributed by atoms with Crippen molar-refractivity contribution in [2.24, 2.45) is 0 Å². The fraction of sp³-hybridized carbons (Fsp3) is 0.923. The minimum atomic E-state index is -0.720. The highest BCUT2D eigenvalue weighted by Crippen LogP contribution is 2.46. The van der Waals surface area contributed by atoms with Crippen molar-refractivity contribution >= 4 is 14.2 Å². The summed E-state index contributed by atoms with van der Waals surface area (Å²) >= 11 is 0. The van der Waals surface area contributed by atoms with Gasteiger partial charge in [-0.2, -0.15) is 4.79 Å². The molecule has 0 spiro atoms. The van der Waals surface area contributed by atoms with Crippen molar-refractivity contribution in [1.29, 1.82) is 0 Å². The van der Waals surface area contributed by atoms with Crippen molar-refractivity contribution < 1.29 is 4.79 Å². The average molecular weight is 272 g/mol. The van der Waals surface area contributed by atoms with Gasteiger partial charge in [-0.1, -0.05) is 0 Å². The van der Waals surface area contributed by atoms with Crippen LogP contribution in [0.25, 0.3) is 5.53 Å². The summed E-state index contributed by atoms with van der Waals surface area (Å²) in [6, 6.07) is 1.70. The van der Waals surface area contributed by atoms with Gasteiger partial charge in [-0.3, -0.25) is 9.34 Å². The van der Waals surface area contributed by atoms with E-state index in [4.69, 9.17) is 5.53 Å². The predicted molar refractivity (Wildman–Crippen MR) is 80.8 cm³/mol. The van der Waals surface area contributed by atoms with Crippen LogP contribution in [0.5, 0.6) is 0 Å². The number of hydrogen-bond acceptors (Lipinski definition) is 2. The van der Waals surface area contributed by atoms with E-state index in [-0.39, 0.29) is 0 Å². The van der Waals surface area contributed by atoms with E-state index in [1.807, 2.05) is 0 Å². The van der Waals surface area contributed by atoms with E-state index in [1.165, 1.54) is 0 Å². The highest BCUT2D eigenvalue weighted by Gasteiger charge is 2.34. The Hall–Kier alpha value is -0.270. The quantitative estimate of drug-likeness (QED) is 0.306. The van der Waals surface area contributed by atoms with Crippen LogP contribution in [0, 0.1) is 0 Å². The molecule has 0 aromatic rings. The van der Waals surface area contributed by atoms with Gasteiger partial charge in [0.05, 0.1) is 0 Å². The molecule has 0 aliphatic carbocycles. The van der Waals surface area contributed by atoms with Crippen LogP contribution in [0.15, 0.2) is 0 Å². The van der Waals surface area contributed by atoms with Gasteiger partial charge in [-0.05, 0) is 55.4 Å². The molecule has 0 aromatic carbocycles. The van der Waals surface area contributed by atoms with Crippen LogP contribution in [0.3, 0.4) is 0 Å². The lowest BCUT2D eigenvalue weighted by atomic mass is 10.3. The van der Waals surface area contributed by atoms with E-state index >= 15 is 0 Å². The van der Waals surface area contributed by atoms with Crippen LogP contribution in [-0.4, -0.2) is 44.3 Å². The molecule has 0 aliphatic heterocycles. The van der Waals surface area contributed by atoms with E-state index in [1.54, 1.807) is 5.96 Å². The van der Waals surface area contributed by atoms with Crippen molar-refractivity contribution in [3.8, 4) is 0 Å². The van der Waals surface area contributed by atoms with Gasteiger partial charge >= 0.3 is 5.96 Å². The van der Waals surface area contributed by atoms with Crippen molar-refractivity contribution in [1.82, 2.24) is 9.34 Å². The lowest BCUT2D eigenvalue weighted by Gasteiger charge is -2.43. The molecule has 0 fully saturated rings. The third-order valence-electron chi connectivity index (χ3n) is 2.74. The fourth-order valence-corrected chi connectivity index (χ4v) is 4.89. The van der Waals surface area contributed by atoms with Gasteiger partial charge < -0.3 is 5.53 Å². The lowest BCUT2D eigenvalue weighted by Crippen LogP contribution is -2.43. The summed E-state index contributed by atoms with van der Waals surface area (Å²) in [5, 5.41) is 0. The summed E-state index contributed by atoms with van der Waals surface area (Å²) in [4.78, 5) is 3.33. The SMILES string of the molecule is CC(C)N(C(C)C)P(C=[N+]=[N-])N(C(C)C)C(C)C. The highest BCUT2D eigenvalue weighted by atomic mass is 31.1. The van der Waals surface area contributed by atoms with Gasteiger partial charge in [0.1, 0.15) is 0 Å². The Bertz CT molecular complexity index is 247. The number of hydrogen-bond donors (Lipinski definition) is 0. The van der Waals surface area contributed by atoms with Gasteiger partial charge in [0.2, 0.25) is 0 Å². The Kier molecular flexibility index (Phi) is 7.89. The molecule has 0 saturated heterocycles. The smallest absolute Gasteiger partial charge is 0.306 e. The summed E-state index contributed by atoms with van der Waals surface area (Å²) in [7, 11) is -0.720. The van der Waals surface area contributed by atoms with Crippen LogP contribution in [0.2, 0.25) is 0 Å². The molecule has 0 N–H and O–H groups in total. The Morgan fingerprint density at radius 1 is 0.778 bits per heavy atom. The minimum absolute atomic E-state index is 0.425. The predicted octanol–water partition coefficient (Wildman–Crippen LogP) is 3.79. The van der Waals surface area contributed by atoms with Crippen LogP contribution in [0.4, 0.5) is 0 Å². The van der Waals surface area contributed by atoms with Crippen molar-refractivity contribution in [2.75, 3.05) is 0 Å². The summed E-state index contributed by atoms with van der Waals surface area (Å²) in [6.45, 7) is 17.6. The second-order valence-electron chi connectivity index (χ2n) is 5.69. The molecule has 0 atom stereocenters. The summed E-state index contributed by atoms with van der Waals surface area (Å²) in [6.07, 6.45) is 0. The average Bonchev–Trinajstić information content (AvgIpc) is 2.14. The Morgan fingerprint density at radius 2 is 1.06 bits per heavy atom. The number of rotatable bonds is 7. The highest BCUT2D eigenvalue weighted by molar-refractivity contribution is 7.68. The van der Waals surface area contributed by atoms with E-state index in [0.29, 0.717) is 24.2 Å². The first kappa shape index (κ1) is 17.7. The van der Waals surface area contributed by atoms with Gasteiger partial charge in [0.25, 0.3) is 0 Å². The molecular formula is C13H29N4P. The zero-order chi connectivity index (χ0) is 14.5. The lowest BCUT2D eigenvalue weighted by molar-refractivity contribution is 0.00653. The van der Waals surface area contributed by atoms with Gasteiger partial charge in [-0.25, -0.2) is 0 Å². The largest absolute Gasteiger partial charge is 0.361 e. The van der Waals surface area contributed by atoms with Gasteiger partial charge in [0, 0.05) is 24.2 Å². The maximum absolute atomic E-state index is 8.99. The second kappa shape index (κ2) is 8.01. The molecule has 5 heteroatoms. The molecule has 0 rings (SSSR count). The first-order valence-electron chi connectivity index (χ1n) is 6.77. The zero-order valence-electron chi connectivity index (χ0n) is 13.1. The Balaban J connectivity index is 5.43. The summed E-state index contributed by atoms with van der Waals surface area (Å²) in [5.74, 6) is 1.70. The zero-order valence-corrected chi connectivity index (χ0v) is 14.0. The summed E-state index contributed by atoms with van der Waals surface area (Å²) < 4.78 is 4.85. The first-order valence-corrected chi connectivity index (χ1v) is 8.08. The molecular weight excluding hydrogens is 243 g/mol. The third-order valence-corrected chi connectivity index (χ3v) is 5.85. The van der Waals surface area contributed by atoms with E-state index < -0.39 is 8.22 Å². The van der Waals surface area contributed by atoms with E-state index in [9.17, 15) is 0 Å². The topological polar surface area (TPSA) is 42.9 Å². The molecule has 0 saturated carbocycles. The van der Waals surface area contributed by atoms with Crippen LogP contribution >= 0.6 is 8.22 Å². The monoisotopic (exact) mass is 272 g/mol. The molecule has 0 radical (unpaired) electrons. The Morgan fingerprint density at radius 3 is 1.22 bits per heavy atom. The van der Waals surface area contributed by atoms with Gasteiger partial charge in [-0.15, -0.1) is 0 Å². The van der Waals surface area contributed by atoms with Crippen molar-refractivity contribution in [3.63, 3.8) is 0 Å². The van der Waals surface area contributed by atoms with Crippen LogP contribution in [-0.2, 0) is 0 Å². The molecule has 0 bridgehead atoms. The fourth-order valence-electron chi connectivity index (χ4n) is 2.42. The molecule has 0 aromatic heterocycles. The van der Waals surface area contributed by atoms with Crippen LogP contribution < -0.4 is 0 Å². The van der Waals surface area contributed by atoms with Crippen LogP contribution in [0.1, 0.15) is 55.4 Å². The maximum Gasteiger partial charge on any atom is 0.306 e. The minimum Gasteiger partial charge on any atom is -0.361 e. The molecule has 0 heterocycles. The van der Waals surface area contributed by atoms with E-state index in [2.05, 4.69) is 69.5 Å². The first-order chi connectivity index (χ1) is 8.23. The summed E-state index contributed by atoms with van der Waals surface area (Å²) in [5.41, 5.74) is 8.99. The third kappa shape index (κ3) is 4.78. The molecule has 0 amide bonds. The molecule has 0 aliphatic rings. The molecule has 4 nitrogen and oxygen atoms in total. The number of nitrogens with zero attached hydrogens (tertiary/aromatic N) is 4. The molecule has 18 heavy (non-hydrogen) atoms. The normalized spacial score (nSPS) is 12.6. The van der Waals surface area contributed by atoms with Crippen molar-refractivity contribution in [2.45, 2.75) is 79.6 Å². The Labute approximate surface area is 114 Å². The van der Waals surface area contributed by atoms with Crippen molar-refractivity contribution in [3.05, 3.63) is 5.53 Å². The van der Waals surface area contributed by atoms with E-state index in [0.717, 1.165) is 0 Å². The maximum atomic E-state index is 8.99. The molecule has 0 unspecified atom stereocenters. The second-order valence-corrected chi connectivity index (χ2v) is 7.48. The van der Waals surface area contributed by atoms with Gasteiger partial charge in [0.15, 0.2) is 8.22 Å².